The molecule has 0 atom stereocenters. The molecule has 1 saturated heterocycles. The van der Waals surface area contributed by atoms with Crippen LogP contribution in [0.5, 0.6) is 0 Å². The third-order valence-corrected chi connectivity index (χ3v) is 5.87. The van der Waals surface area contributed by atoms with E-state index in [-0.39, 0.29) is 28.9 Å². The second-order valence-electron chi connectivity index (χ2n) is 6.82. The summed E-state index contributed by atoms with van der Waals surface area (Å²) in [5.74, 6) is 0.819. The topological polar surface area (TPSA) is 91.0 Å². The molecule has 3 rings (SSSR count). The number of piperazine rings is 1. The van der Waals surface area contributed by atoms with Crippen molar-refractivity contribution in [2.45, 2.75) is 18.4 Å². The Morgan fingerprint density at radius 3 is 2.47 bits per heavy atom. The number of sulfonamides is 1. The number of hydrogen-bond acceptors (Lipinski definition) is 4. The van der Waals surface area contributed by atoms with Gasteiger partial charge in [-0.2, -0.15) is 0 Å². The van der Waals surface area contributed by atoms with Gasteiger partial charge in [-0.05, 0) is 42.8 Å². The Balaban J connectivity index is 0.00000320. The van der Waals surface area contributed by atoms with Gasteiger partial charge in [0.05, 0.1) is 11.4 Å². The van der Waals surface area contributed by atoms with E-state index in [2.05, 4.69) is 21.2 Å². The highest BCUT2D eigenvalue weighted by Crippen LogP contribution is 2.21. The number of halogens is 2. The van der Waals surface area contributed by atoms with Crippen molar-refractivity contribution in [2.75, 3.05) is 37.6 Å². The SMILES string of the molecule is CCNC(=NCc1cccc(S(N)(=O)=O)c1)N1CCN(c2cccc(Cl)c2)CC1.I. The van der Waals surface area contributed by atoms with Gasteiger partial charge in [0.1, 0.15) is 0 Å². The molecule has 0 bridgehead atoms. The lowest BCUT2D eigenvalue weighted by atomic mass is 10.2. The number of hydrogen-bond donors (Lipinski definition) is 2. The van der Waals surface area contributed by atoms with Gasteiger partial charge in [-0.15, -0.1) is 24.0 Å². The predicted octanol–water partition coefficient (Wildman–Crippen LogP) is 2.89. The van der Waals surface area contributed by atoms with E-state index in [4.69, 9.17) is 21.7 Å². The van der Waals surface area contributed by atoms with Crippen LogP contribution in [-0.2, 0) is 16.6 Å². The molecular weight excluding hydrogens is 537 g/mol. The lowest BCUT2D eigenvalue weighted by Crippen LogP contribution is -2.52. The minimum Gasteiger partial charge on any atom is -0.368 e. The monoisotopic (exact) mass is 563 g/mol. The molecule has 0 radical (unpaired) electrons. The molecule has 0 aromatic heterocycles. The van der Waals surface area contributed by atoms with Crippen molar-refractivity contribution >= 4 is 57.2 Å². The Bertz CT molecular complexity index is 979. The Morgan fingerprint density at radius 1 is 1.13 bits per heavy atom. The number of nitrogens with one attached hydrogen (secondary N) is 1. The van der Waals surface area contributed by atoms with E-state index in [0.717, 1.165) is 55.0 Å². The van der Waals surface area contributed by atoms with Crippen molar-refractivity contribution in [1.82, 2.24) is 10.2 Å². The van der Waals surface area contributed by atoms with E-state index in [1.165, 1.54) is 6.07 Å². The number of nitrogens with zero attached hydrogens (tertiary/aromatic N) is 3. The van der Waals surface area contributed by atoms with E-state index >= 15 is 0 Å². The van der Waals surface area contributed by atoms with Crippen LogP contribution in [0, 0.1) is 0 Å². The smallest absolute Gasteiger partial charge is 0.238 e. The van der Waals surface area contributed by atoms with Crippen LogP contribution in [0.2, 0.25) is 5.02 Å². The molecule has 0 amide bonds. The zero-order valence-electron chi connectivity index (χ0n) is 16.8. The maximum Gasteiger partial charge on any atom is 0.238 e. The fourth-order valence-electron chi connectivity index (χ4n) is 3.26. The first kappa shape index (κ1) is 24.7. The van der Waals surface area contributed by atoms with Crippen LogP contribution in [0.4, 0.5) is 5.69 Å². The lowest BCUT2D eigenvalue weighted by molar-refractivity contribution is 0.372. The molecule has 30 heavy (non-hydrogen) atoms. The number of anilines is 1. The molecule has 0 saturated carbocycles. The zero-order chi connectivity index (χ0) is 20.9. The van der Waals surface area contributed by atoms with Crippen molar-refractivity contribution in [1.29, 1.82) is 0 Å². The molecule has 2 aromatic rings. The second-order valence-corrected chi connectivity index (χ2v) is 8.81. The highest BCUT2D eigenvalue weighted by Gasteiger charge is 2.20. The van der Waals surface area contributed by atoms with Gasteiger partial charge in [-0.1, -0.05) is 29.8 Å². The third-order valence-electron chi connectivity index (χ3n) is 4.73. The normalized spacial score (nSPS) is 15.0. The van der Waals surface area contributed by atoms with Crippen LogP contribution in [0.25, 0.3) is 0 Å². The molecule has 0 unspecified atom stereocenters. The number of primary sulfonamides is 1. The molecule has 1 aliphatic rings. The maximum absolute atomic E-state index is 11.6. The van der Waals surface area contributed by atoms with E-state index < -0.39 is 10.0 Å². The van der Waals surface area contributed by atoms with Gasteiger partial charge in [0, 0.05) is 43.4 Å². The Hall–Kier alpha value is -1.56. The summed E-state index contributed by atoms with van der Waals surface area (Å²) in [7, 11) is -3.72. The van der Waals surface area contributed by atoms with Crippen molar-refractivity contribution in [3.63, 3.8) is 0 Å². The van der Waals surface area contributed by atoms with Crippen LogP contribution in [0.1, 0.15) is 12.5 Å². The Morgan fingerprint density at radius 2 is 1.83 bits per heavy atom. The molecule has 0 aliphatic carbocycles. The van der Waals surface area contributed by atoms with E-state index in [9.17, 15) is 8.42 Å². The number of aliphatic imine (C=N–C) groups is 1. The summed E-state index contributed by atoms with van der Waals surface area (Å²) in [6.45, 7) is 6.55. The highest BCUT2D eigenvalue weighted by atomic mass is 127. The second kappa shape index (κ2) is 11.2. The average molecular weight is 564 g/mol. The van der Waals surface area contributed by atoms with Crippen LogP contribution in [0.15, 0.2) is 58.4 Å². The maximum atomic E-state index is 11.6. The van der Waals surface area contributed by atoms with Gasteiger partial charge < -0.3 is 15.1 Å². The zero-order valence-corrected chi connectivity index (χ0v) is 20.7. The first-order valence-corrected chi connectivity index (χ1v) is 11.4. The number of nitrogens with two attached hydrogens (primary N) is 1. The molecule has 164 valence electrons. The van der Waals surface area contributed by atoms with Crippen molar-refractivity contribution in [3.8, 4) is 0 Å². The van der Waals surface area contributed by atoms with Crippen LogP contribution in [0.3, 0.4) is 0 Å². The minimum atomic E-state index is -3.72. The van der Waals surface area contributed by atoms with Crippen molar-refractivity contribution in [2.24, 2.45) is 10.1 Å². The number of rotatable bonds is 5. The minimum absolute atomic E-state index is 0. The molecule has 10 heteroatoms. The van der Waals surface area contributed by atoms with Crippen LogP contribution >= 0.6 is 35.6 Å². The highest BCUT2D eigenvalue weighted by molar-refractivity contribution is 14.0. The first-order valence-electron chi connectivity index (χ1n) is 9.52. The fourth-order valence-corrected chi connectivity index (χ4v) is 4.03. The summed E-state index contributed by atoms with van der Waals surface area (Å²) >= 11 is 6.11. The molecule has 0 spiro atoms. The predicted molar refractivity (Wildman–Crippen MR) is 133 cm³/mol. The summed E-state index contributed by atoms with van der Waals surface area (Å²) in [6, 6.07) is 14.5. The molecule has 1 fully saturated rings. The van der Waals surface area contributed by atoms with E-state index in [1.807, 2.05) is 31.2 Å². The van der Waals surface area contributed by atoms with E-state index in [0.29, 0.717) is 6.54 Å². The average Bonchev–Trinajstić information content (AvgIpc) is 2.71. The van der Waals surface area contributed by atoms with Gasteiger partial charge in [-0.25, -0.2) is 18.5 Å². The number of benzene rings is 2. The molecule has 3 N–H and O–H groups in total. The first-order chi connectivity index (χ1) is 13.9. The lowest BCUT2D eigenvalue weighted by Gasteiger charge is -2.37. The third kappa shape index (κ3) is 6.73. The summed E-state index contributed by atoms with van der Waals surface area (Å²) in [5, 5.41) is 9.28. The van der Waals surface area contributed by atoms with Gasteiger partial charge in [0.15, 0.2) is 5.96 Å². The molecule has 1 heterocycles. The standard InChI is InChI=1S/C20H26ClN5O2S.HI/c1-2-23-20(24-15-16-5-3-8-19(13-16)29(22,27)28)26-11-9-25(10-12-26)18-7-4-6-17(21)14-18;/h3-8,13-14H,2,9-12,15H2,1H3,(H,23,24)(H2,22,27,28);1H. The van der Waals surface area contributed by atoms with Crippen molar-refractivity contribution in [3.05, 3.63) is 59.1 Å². The van der Waals surface area contributed by atoms with Crippen LogP contribution < -0.4 is 15.4 Å². The molecular formula is C20H27ClIN5O2S. The van der Waals surface area contributed by atoms with Gasteiger partial charge in [-0.3, -0.25) is 0 Å². The quantitative estimate of drug-likeness (QED) is 0.332. The van der Waals surface area contributed by atoms with E-state index in [1.54, 1.807) is 12.1 Å². The summed E-state index contributed by atoms with van der Waals surface area (Å²) < 4.78 is 23.1. The molecule has 1 aliphatic heterocycles. The van der Waals surface area contributed by atoms with Gasteiger partial charge in [0.25, 0.3) is 0 Å². The fraction of sp³-hybridized carbons (Fsp3) is 0.350. The Labute approximate surface area is 200 Å². The summed E-state index contributed by atoms with van der Waals surface area (Å²) in [5.41, 5.74) is 1.92. The van der Waals surface area contributed by atoms with Crippen LogP contribution in [-0.4, -0.2) is 52.0 Å². The van der Waals surface area contributed by atoms with Gasteiger partial charge in [0.2, 0.25) is 10.0 Å². The molecule has 7 nitrogen and oxygen atoms in total. The molecule has 2 aromatic carbocycles. The summed E-state index contributed by atoms with van der Waals surface area (Å²) in [4.78, 5) is 9.32. The number of guanidine groups is 1. The summed E-state index contributed by atoms with van der Waals surface area (Å²) in [6.07, 6.45) is 0. The van der Waals surface area contributed by atoms with Gasteiger partial charge >= 0.3 is 0 Å². The largest absolute Gasteiger partial charge is 0.368 e. The Kier molecular flexibility index (Phi) is 9.20. The van der Waals surface area contributed by atoms with Crippen molar-refractivity contribution < 1.29 is 8.42 Å².